The van der Waals surface area contributed by atoms with E-state index in [1.54, 1.807) is 0 Å². The Kier molecular flexibility index (Phi) is 8.77. The van der Waals surface area contributed by atoms with Crippen LogP contribution in [0.4, 0.5) is 0 Å². The first-order valence-electron chi connectivity index (χ1n) is 9.78. The van der Waals surface area contributed by atoms with Crippen molar-refractivity contribution in [3.8, 4) is 0 Å². The van der Waals surface area contributed by atoms with Gasteiger partial charge in [0.15, 0.2) is 0 Å². The molecule has 0 amide bonds. The number of rotatable bonds is 4. The molecule has 3 heteroatoms. The van der Waals surface area contributed by atoms with Crippen LogP contribution in [0, 0.1) is 72.0 Å². The van der Waals surface area contributed by atoms with E-state index in [2.05, 4.69) is 89.1 Å². The van der Waals surface area contributed by atoms with E-state index in [4.69, 9.17) is 17.0 Å². The maximum atomic E-state index is 4.93. The Morgan fingerprint density at radius 1 is 0.643 bits per heavy atom. The van der Waals surface area contributed by atoms with Gasteiger partial charge >= 0.3 is 37.9 Å². The third-order valence-corrected chi connectivity index (χ3v) is 5.45. The zero-order valence-electron chi connectivity index (χ0n) is 16.9. The normalized spacial score (nSPS) is 24.9. The molecule has 0 saturated heterocycles. The van der Waals surface area contributed by atoms with Crippen LogP contribution >= 0.6 is 17.0 Å². The second kappa shape index (κ2) is 10.6. The topological polar surface area (TPSA) is 0 Å². The fourth-order valence-electron chi connectivity index (χ4n) is 4.17. The molecular weight excluding hydrogens is 462 g/mol. The number of allylic oxidation sites excluding steroid dienone is 8. The van der Waals surface area contributed by atoms with E-state index in [9.17, 15) is 0 Å². The maximum absolute atomic E-state index is 4.93. The van der Waals surface area contributed by atoms with Gasteiger partial charge in [0, 0.05) is 23.7 Å². The van der Waals surface area contributed by atoms with E-state index in [0.29, 0.717) is 11.8 Å². The summed E-state index contributed by atoms with van der Waals surface area (Å²) in [7, 11) is 9.87. The predicted octanol–water partition coefficient (Wildman–Crippen LogP) is 7.35. The summed E-state index contributed by atoms with van der Waals surface area (Å²) in [5.41, 5.74) is 0. The van der Waals surface area contributed by atoms with E-state index in [1.807, 2.05) is 0 Å². The molecule has 2 fully saturated rings. The minimum atomic E-state index is -0.826. The number of hydrogen-bond acceptors (Lipinski definition) is 0. The van der Waals surface area contributed by atoms with Gasteiger partial charge in [-0.05, 0) is 54.8 Å². The average molecular weight is 489 g/mol. The molecule has 4 rings (SSSR count). The van der Waals surface area contributed by atoms with Gasteiger partial charge < -0.3 is 0 Å². The zero-order valence-corrected chi connectivity index (χ0v) is 20.9. The van der Waals surface area contributed by atoms with Gasteiger partial charge in [0.2, 0.25) is 0 Å². The van der Waals surface area contributed by atoms with Crippen molar-refractivity contribution in [2.75, 3.05) is 0 Å². The van der Waals surface area contributed by atoms with Crippen LogP contribution in [0.2, 0.25) is 0 Å². The van der Waals surface area contributed by atoms with Crippen molar-refractivity contribution in [3.05, 3.63) is 109 Å². The zero-order chi connectivity index (χ0) is 20.3. The molecule has 28 heavy (non-hydrogen) atoms. The number of halogens is 2. The molecule has 0 spiro atoms. The molecule has 0 heterocycles. The molecule has 10 radical (unpaired) electrons. The van der Waals surface area contributed by atoms with Crippen LogP contribution in [0.25, 0.3) is 0 Å². The van der Waals surface area contributed by atoms with Gasteiger partial charge in [0.25, 0.3) is 0 Å². The van der Waals surface area contributed by atoms with Gasteiger partial charge in [-0.3, -0.25) is 0 Å². The Labute approximate surface area is 191 Å². The van der Waals surface area contributed by atoms with Crippen LogP contribution in [-0.4, -0.2) is 0 Å². The molecule has 0 N–H and O–H groups in total. The first-order valence-corrected chi connectivity index (χ1v) is 16.1. The van der Waals surface area contributed by atoms with Gasteiger partial charge in [-0.2, -0.15) is 0 Å². The van der Waals surface area contributed by atoms with Crippen molar-refractivity contribution in [2.24, 2.45) is 11.8 Å². The van der Waals surface area contributed by atoms with Crippen molar-refractivity contribution >= 4 is 17.0 Å². The molecule has 4 aliphatic carbocycles. The van der Waals surface area contributed by atoms with E-state index in [0.717, 1.165) is 6.42 Å². The first-order chi connectivity index (χ1) is 13.5. The molecule has 0 aromatic heterocycles. The van der Waals surface area contributed by atoms with Crippen LogP contribution < -0.4 is 0 Å². The van der Waals surface area contributed by atoms with Crippen LogP contribution in [0.15, 0.2) is 48.6 Å². The van der Waals surface area contributed by atoms with Crippen molar-refractivity contribution in [2.45, 2.75) is 34.1 Å². The Hall–Kier alpha value is 0.423. The van der Waals surface area contributed by atoms with Gasteiger partial charge in [-0.25, -0.2) is 0 Å². The van der Waals surface area contributed by atoms with E-state index < -0.39 is 20.8 Å². The van der Waals surface area contributed by atoms with E-state index >= 15 is 0 Å². The van der Waals surface area contributed by atoms with Crippen LogP contribution in [-0.2, 0) is 20.8 Å². The SMILES string of the molecule is CC(C)[C]1[CH][C](C[C]2[CH][C](C(C)C)[C]3C=CC=C[C]23)[C]2C=CC=C[C]21.[Cl][Zr+2][Cl]. The third-order valence-electron chi connectivity index (χ3n) is 5.45. The number of hydrogen-bond donors (Lipinski definition) is 0. The number of fused-ring (bicyclic) bond motifs is 2. The monoisotopic (exact) mass is 486 g/mol. The Bertz CT molecular complexity index is 566. The molecular formula is C25H26Cl2Zr+2. The van der Waals surface area contributed by atoms with Crippen molar-refractivity contribution in [3.63, 3.8) is 0 Å². The fraction of sp³-hybridized carbons (Fsp3) is 0.280. The quantitative estimate of drug-likeness (QED) is 0.388. The minimum absolute atomic E-state index is 0.557. The summed E-state index contributed by atoms with van der Waals surface area (Å²) < 4.78 is 0. The average Bonchev–Trinajstić information content (AvgIpc) is 3.22. The van der Waals surface area contributed by atoms with Crippen molar-refractivity contribution in [1.29, 1.82) is 0 Å². The van der Waals surface area contributed by atoms with Crippen LogP contribution in [0.5, 0.6) is 0 Å². The molecule has 0 aromatic carbocycles. The predicted molar refractivity (Wildman–Crippen MR) is 117 cm³/mol. The third kappa shape index (κ3) is 5.00. The second-order valence-electron chi connectivity index (χ2n) is 7.90. The summed E-state index contributed by atoms with van der Waals surface area (Å²) in [6.07, 6.45) is 23.7. The van der Waals surface area contributed by atoms with Crippen molar-refractivity contribution in [1.82, 2.24) is 0 Å². The molecule has 0 nitrogen and oxygen atoms in total. The summed E-state index contributed by atoms with van der Waals surface area (Å²) >= 11 is -0.826. The molecule has 0 unspecified atom stereocenters. The van der Waals surface area contributed by atoms with Gasteiger partial charge in [0.05, 0.1) is 0 Å². The molecule has 0 atom stereocenters. The first kappa shape index (κ1) is 23.1. The van der Waals surface area contributed by atoms with E-state index in [-0.39, 0.29) is 0 Å². The Morgan fingerprint density at radius 3 is 1.29 bits per heavy atom. The van der Waals surface area contributed by atoms with Gasteiger partial charge in [-0.15, -0.1) is 0 Å². The molecule has 2 saturated carbocycles. The molecule has 0 aromatic rings. The van der Waals surface area contributed by atoms with Gasteiger partial charge in [0.1, 0.15) is 0 Å². The van der Waals surface area contributed by atoms with Crippen LogP contribution in [0.1, 0.15) is 34.1 Å². The van der Waals surface area contributed by atoms with Crippen LogP contribution in [0.3, 0.4) is 0 Å². The van der Waals surface area contributed by atoms with E-state index in [1.165, 1.54) is 47.3 Å². The molecule has 4 aliphatic rings. The molecule has 0 bridgehead atoms. The summed E-state index contributed by atoms with van der Waals surface area (Å²) in [5.74, 6) is 12.7. The molecule has 0 aliphatic heterocycles. The summed E-state index contributed by atoms with van der Waals surface area (Å²) in [4.78, 5) is 0. The standard InChI is InChI=1S/C25H26.2ClH.Zr/c1-16(2)24-14-18(20-9-5-7-11-22(20)24)13-19-15-25(17(3)4)23-12-8-6-10-21(19)23;;;/h5-12,14-17H,13H2,1-4H3;2*1H;/q;;;+4/p-2. The van der Waals surface area contributed by atoms with Crippen molar-refractivity contribution < 1.29 is 20.8 Å². The summed E-state index contributed by atoms with van der Waals surface area (Å²) in [6.45, 7) is 9.17. The second-order valence-corrected chi connectivity index (χ2v) is 11.6. The van der Waals surface area contributed by atoms with Gasteiger partial charge in [-0.1, -0.05) is 76.3 Å². The summed E-state index contributed by atoms with van der Waals surface area (Å²) in [5, 5.41) is 0. The molecule has 142 valence electrons. The Morgan fingerprint density at radius 2 is 0.964 bits per heavy atom. The Balaban J connectivity index is 0.000000706. The fourth-order valence-corrected chi connectivity index (χ4v) is 4.17. The summed E-state index contributed by atoms with van der Waals surface area (Å²) in [6, 6.07) is 0.